The van der Waals surface area contributed by atoms with Crippen LogP contribution in [0.15, 0.2) is 23.2 Å². The van der Waals surface area contributed by atoms with Gasteiger partial charge in [0, 0.05) is 19.3 Å². The van der Waals surface area contributed by atoms with E-state index >= 15 is 0 Å². The third-order valence-electron chi connectivity index (χ3n) is 3.67. The topological polar surface area (TPSA) is 71.1 Å². The fourth-order valence-corrected chi connectivity index (χ4v) is 3.42. The molecular formula is C14H23N3O2S. The van der Waals surface area contributed by atoms with Crippen LogP contribution < -0.4 is 10.0 Å². The number of nitrogens with one attached hydrogen (secondary N) is 2. The second kappa shape index (κ2) is 7.04. The van der Waals surface area contributed by atoms with E-state index in [2.05, 4.69) is 15.0 Å². The quantitative estimate of drug-likeness (QED) is 0.773. The van der Waals surface area contributed by atoms with E-state index in [9.17, 15) is 8.42 Å². The van der Waals surface area contributed by atoms with Crippen LogP contribution in [0.2, 0.25) is 0 Å². The highest BCUT2D eigenvalue weighted by Crippen LogP contribution is 2.29. The molecule has 2 N–H and O–H groups in total. The highest BCUT2D eigenvalue weighted by Gasteiger charge is 2.21. The van der Waals surface area contributed by atoms with Gasteiger partial charge < -0.3 is 5.32 Å². The van der Waals surface area contributed by atoms with Crippen LogP contribution in [0.4, 0.5) is 5.82 Å². The lowest BCUT2D eigenvalue weighted by molar-refractivity contribution is 0.297. The van der Waals surface area contributed by atoms with Crippen molar-refractivity contribution in [1.29, 1.82) is 0 Å². The van der Waals surface area contributed by atoms with E-state index < -0.39 is 10.0 Å². The number of sulfonamides is 1. The second-order valence-electron chi connectivity index (χ2n) is 5.26. The van der Waals surface area contributed by atoms with Gasteiger partial charge in [-0.15, -0.1) is 0 Å². The van der Waals surface area contributed by atoms with Gasteiger partial charge in [0.2, 0.25) is 10.0 Å². The molecule has 112 valence electrons. The Morgan fingerprint density at radius 3 is 2.80 bits per heavy atom. The van der Waals surface area contributed by atoms with Crippen LogP contribution in [0, 0.1) is 5.92 Å². The molecule has 20 heavy (non-hydrogen) atoms. The maximum absolute atomic E-state index is 12.3. The molecule has 0 saturated heterocycles. The summed E-state index contributed by atoms with van der Waals surface area (Å²) in [5.41, 5.74) is 0. The minimum atomic E-state index is -3.48. The van der Waals surface area contributed by atoms with Crippen molar-refractivity contribution in [2.75, 3.05) is 18.4 Å². The molecular weight excluding hydrogens is 274 g/mol. The minimum absolute atomic E-state index is 0.238. The van der Waals surface area contributed by atoms with Crippen molar-refractivity contribution in [2.45, 2.75) is 43.9 Å². The van der Waals surface area contributed by atoms with Gasteiger partial charge in [-0.05, 0) is 30.9 Å². The Kier molecular flexibility index (Phi) is 5.37. The van der Waals surface area contributed by atoms with Crippen LogP contribution in [0.25, 0.3) is 0 Å². The molecule has 0 aliphatic heterocycles. The average Bonchev–Trinajstić information content (AvgIpc) is 2.39. The minimum Gasteiger partial charge on any atom is -0.369 e. The first-order chi connectivity index (χ1) is 9.63. The third kappa shape index (κ3) is 3.93. The van der Waals surface area contributed by atoms with E-state index in [4.69, 9.17) is 0 Å². The van der Waals surface area contributed by atoms with Gasteiger partial charge in [-0.3, -0.25) is 0 Å². The molecule has 1 aromatic heterocycles. The number of nitrogens with zero attached hydrogens (tertiary/aromatic N) is 1. The lowest BCUT2D eigenvalue weighted by atomic mass is 9.83. The Bertz CT molecular complexity index is 527. The number of rotatable bonds is 8. The Labute approximate surface area is 121 Å². The van der Waals surface area contributed by atoms with Crippen LogP contribution in [-0.4, -0.2) is 26.5 Å². The van der Waals surface area contributed by atoms with E-state index in [1.807, 2.05) is 6.92 Å². The Morgan fingerprint density at radius 2 is 2.15 bits per heavy atom. The summed E-state index contributed by atoms with van der Waals surface area (Å²) in [5, 5.41) is 3.06. The van der Waals surface area contributed by atoms with Crippen molar-refractivity contribution in [2.24, 2.45) is 5.92 Å². The Balaban J connectivity index is 1.99. The zero-order valence-corrected chi connectivity index (χ0v) is 12.7. The summed E-state index contributed by atoms with van der Waals surface area (Å²) in [6.45, 7) is 3.25. The van der Waals surface area contributed by atoms with Crippen molar-refractivity contribution < 1.29 is 8.42 Å². The van der Waals surface area contributed by atoms with Crippen molar-refractivity contribution in [3.8, 4) is 0 Å². The van der Waals surface area contributed by atoms with Crippen LogP contribution >= 0.6 is 0 Å². The van der Waals surface area contributed by atoms with Gasteiger partial charge in [0.1, 0.15) is 10.7 Å². The molecule has 1 fully saturated rings. The van der Waals surface area contributed by atoms with E-state index in [-0.39, 0.29) is 4.90 Å². The zero-order valence-electron chi connectivity index (χ0n) is 11.9. The van der Waals surface area contributed by atoms with Crippen molar-refractivity contribution in [3.63, 3.8) is 0 Å². The lowest BCUT2D eigenvalue weighted by Gasteiger charge is -2.25. The highest BCUT2D eigenvalue weighted by atomic mass is 32.2. The molecule has 1 heterocycles. The van der Waals surface area contributed by atoms with Crippen LogP contribution in [0.1, 0.15) is 39.0 Å². The molecule has 0 spiro atoms. The zero-order chi connectivity index (χ0) is 14.4. The summed E-state index contributed by atoms with van der Waals surface area (Å²) in [7, 11) is -3.48. The Hall–Kier alpha value is -1.14. The fourth-order valence-electron chi connectivity index (χ4n) is 2.24. The van der Waals surface area contributed by atoms with Crippen LogP contribution in [-0.2, 0) is 10.0 Å². The lowest BCUT2D eigenvalue weighted by Crippen LogP contribution is -2.28. The molecule has 0 radical (unpaired) electrons. The molecule has 2 rings (SSSR count). The SMILES string of the molecule is CCCNc1ncccc1S(=O)(=O)NCCC1CCC1. The first-order valence-electron chi connectivity index (χ1n) is 7.32. The second-order valence-corrected chi connectivity index (χ2v) is 7.00. The molecule has 1 aromatic rings. The normalized spacial score (nSPS) is 15.8. The molecule has 6 heteroatoms. The van der Waals surface area contributed by atoms with E-state index in [1.54, 1.807) is 18.3 Å². The summed E-state index contributed by atoms with van der Waals surface area (Å²) < 4.78 is 27.3. The molecule has 0 amide bonds. The predicted molar refractivity (Wildman–Crippen MR) is 80.2 cm³/mol. The van der Waals surface area contributed by atoms with E-state index in [0.717, 1.165) is 12.8 Å². The fraction of sp³-hybridized carbons (Fsp3) is 0.643. The third-order valence-corrected chi connectivity index (χ3v) is 5.16. The highest BCUT2D eigenvalue weighted by molar-refractivity contribution is 7.89. The maximum Gasteiger partial charge on any atom is 0.244 e. The number of aromatic nitrogens is 1. The summed E-state index contributed by atoms with van der Waals surface area (Å²) >= 11 is 0. The van der Waals surface area contributed by atoms with Gasteiger partial charge in [0.15, 0.2) is 0 Å². The first kappa shape index (κ1) is 15.3. The molecule has 0 bridgehead atoms. The molecule has 1 saturated carbocycles. The van der Waals surface area contributed by atoms with Crippen LogP contribution in [0.3, 0.4) is 0 Å². The maximum atomic E-state index is 12.3. The smallest absolute Gasteiger partial charge is 0.244 e. The van der Waals surface area contributed by atoms with Gasteiger partial charge in [-0.1, -0.05) is 26.2 Å². The van der Waals surface area contributed by atoms with Crippen molar-refractivity contribution in [3.05, 3.63) is 18.3 Å². The van der Waals surface area contributed by atoms with Crippen molar-refractivity contribution >= 4 is 15.8 Å². The summed E-state index contributed by atoms with van der Waals surface area (Å²) in [5.74, 6) is 1.13. The molecule has 0 atom stereocenters. The standard InChI is InChI=1S/C14H23N3O2S/c1-2-9-15-14-13(7-4-10-16-14)20(18,19)17-11-8-12-5-3-6-12/h4,7,10,12,17H,2-3,5-6,8-9,11H2,1H3,(H,15,16). The van der Waals surface area contributed by atoms with Gasteiger partial charge in [-0.2, -0.15) is 0 Å². The molecule has 0 unspecified atom stereocenters. The van der Waals surface area contributed by atoms with Gasteiger partial charge in [0.05, 0.1) is 0 Å². The predicted octanol–water partition coefficient (Wildman–Crippen LogP) is 2.37. The van der Waals surface area contributed by atoms with Gasteiger partial charge in [0.25, 0.3) is 0 Å². The summed E-state index contributed by atoms with van der Waals surface area (Å²) in [4.78, 5) is 4.36. The van der Waals surface area contributed by atoms with Crippen LogP contribution in [0.5, 0.6) is 0 Å². The molecule has 1 aliphatic carbocycles. The van der Waals surface area contributed by atoms with Gasteiger partial charge >= 0.3 is 0 Å². The first-order valence-corrected chi connectivity index (χ1v) is 8.80. The van der Waals surface area contributed by atoms with E-state index in [1.165, 1.54) is 19.3 Å². The van der Waals surface area contributed by atoms with E-state index in [0.29, 0.717) is 24.8 Å². The Morgan fingerprint density at radius 1 is 1.35 bits per heavy atom. The number of pyridine rings is 1. The molecule has 1 aliphatic rings. The largest absolute Gasteiger partial charge is 0.369 e. The summed E-state index contributed by atoms with van der Waals surface area (Å²) in [6.07, 6.45) is 7.20. The monoisotopic (exact) mass is 297 g/mol. The molecule has 5 nitrogen and oxygen atoms in total. The number of hydrogen-bond donors (Lipinski definition) is 2. The number of hydrogen-bond acceptors (Lipinski definition) is 4. The van der Waals surface area contributed by atoms with Gasteiger partial charge in [-0.25, -0.2) is 18.1 Å². The van der Waals surface area contributed by atoms with Crippen molar-refractivity contribution in [1.82, 2.24) is 9.71 Å². The number of anilines is 1. The average molecular weight is 297 g/mol. The summed E-state index contributed by atoms with van der Waals surface area (Å²) in [6, 6.07) is 3.24. The molecule has 0 aromatic carbocycles.